The van der Waals surface area contributed by atoms with Crippen LogP contribution in [0.2, 0.25) is 5.02 Å². The molecular formula is C20H18ClFN4O3. The molecule has 2 amide bonds. The van der Waals surface area contributed by atoms with E-state index in [1.54, 1.807) is 24.3 Å². The van der Waals surface area contributed by atoms with Gasteiger partial charge in [-0.2, -0.15) is 5.10 Å². The zero-order valence-corrected chi connectivity index (χ0v) is 16.2. The number of anilines is 1. The summed E-state index contributed by atoms with van der Waals surface area (Å²) in [6.07, 6.45) is 2.72. The van der Waals surface area contributed by atoms with E-state index in [-0.39, 0.29) is 27.9 Å². The minimum absolute atomic E-state index is 0.208. The maximum absolute atomic E-state index is 13.9. The van der Waals surface area contributed by atoms with Gasteiger partial charge in [-0.25, -0.2) is 9.07 Å². The van der Waals surface area contributed by atoms with E-state index >= 15 is 0 Å². The summed E-state index contributed by atoms with van der Waals surface area (Å²) in [5.41, 5.74) is 1.04. The van der Waals surface area contributed by atoms with Crippen LogP contribution in [0.5, 0.6) is 0 Å². The lowest BCUT2D eigenvalue weighted by Gasteiger charge is -2.09. The Kier molecular flexibility index (Phi) is 6.58. The van der Waals surface area contributed by atoms with Gasteiger partial charge in [0.15, 0.2) is 0 Å². The van der Waals surface area contributed by atoms with Crippen molar-refractivity contribution in [3.63, 3.8) is 0 Å². The van der Waals surface area contributed by atoms with Crippen LogP contribution in [0.3, 0.4) is 0 Å². The lowest BCUT2D eigenvalue weighted by Crippen LogP contribution is -2.27. The summed E-state index contributed by atoms with van der Waals surface area (Å²) in [7, 11) is 1.54. The van der Waals surface area contributed by atoms with Gasteiger partial charge in [0.1, 0.15) is 11.5 Å². The van der Waals surface area contributed by atoms with E-state index in [0.717, 1.165) is 0 Å². The lowest BCUT2D eigenvalue weighted by atomic mass is 10.1. The predicted molar refractivity (Wildman–Crippen MR) is 107 cm³/mol. The van der Waals surface area contributed by atoms with E-state index in [1.807, 2.05) is 0 Å². The summed E-state index contributed by atoms with van der Waals surface area (Å²) < 4.78 is 20.1. The molecule has 0 spiro atoms. The minimum atomic E-state index is -0.494. The van der Waals surface area contributed by atoms with Crippen LogP contribution in [0.25, 0.3) is 5.69 Å². The van der Waals surface area contributed by atoms with Crippen molar-refractivity contribution in [2.75, 3.05) is 25.6 Å². The van der Waals surface area contributed by atoms with Crippen LogP contribution >= 0.6 is 11.6 Å². The monoisotopic (exact) mass is 416 g/mol. The van der Waals surface area contributed by atoms with Crippen LogP contribution in [0.15, 0.2) is 54.9 Å². The Morgan fingerprint density at radius 2 is 1.97 bits per heavy atom. The third-order valence-electron chi connectivity index (χ3n) is 4.01. The summed E-state index contributed by atoms with van der Waals surface area (Å²) in [6, 6.07) is 10.6. The molecule has 0 unspecified atom stereocenters. The van der Waals surface area contributed by atoms with Crippen molar-refractivity contribution in [1.29, 1.82) is 0 Å². The lowest BCUT2D eigenvalue weighted by molar-refractivity contribution is 0.0936. The van der Waals surface area contributed by atoms with Gasteiger partial charge in [-0.1, -0.05) is 23.7 Å². The largest absolute Gasteiger partial charge is 0.383 e. The first-order valence-corrected chi connectivity index (χ1v) is 9.05. The summed E-state index contributed by atoms with van der Waals surface area (Å²) >= 11 is 6.14. The Hall–Kier alpha value is -3.23. The van der Waals surface area contributed by atoms with Crippen LogP contribution in [-0.4, -0.2) is 41.9 Å². The van der Waals surface area contributed by atoms with E-state index in [9.17, 15) is 14.0 Å². The molecule has 0 saturated heterocycles. The van der Waals surface area contributed by atoms with Crippen molar-refractivity contribution < 1.29 is 18.7 Å². The molecule has 29 heavy (non-hydrogen) atoms. The first-order chi connectivity index (χ1) is 14.0. The Labute approximate surface area is 171 Å². The van der Waals surface area contributed by atoms with Gasteiger partial charge in [-0.05, 0) is 30.3 Å². The van der Waals surface area contributed by atoms with Crippen LogP contribution in [0, 0.1) is 5.82 Å². The molecule has 150 valence electrons. The Bertz CT molecular complexity index is 1040. The van der Waals surface area contributed by atoms with Crippen LogP contribution in [0.4, 0.5) is 10.1 Å². The Morgan fingerprint density at radius 1 is 1.17 bits per heavy atom. The quantitative estimate of drug-likeness (QED) is 0.579. The van der Waals surface area contributed by atoms with Gasteiger partial charge < -0.3 is 15.4 Å². The molecule has 3 rings (SSSR count). The summed E-state index contributed by atoms with van der Waals surface area (Å²) in [5, 5.41) is 9.63. The highest BCUT2D eigenvalue weighted by Crippen LogP contribution is 2.24. The molecule has 0 aliphatic rings. The Morgan fingerprint density at radius 3 is 2.72 bits per heavy atom. The predicted octanol–water partition coefficient (Wildman–Crippen LogP) is 3.29. The van der Waals surface area contributed by atoms with E-state index < -0.39 is 11.7 Å². The van der Waals surface area contributed by atoms with Crippen LogP contribution < -0.4 is 10.6 Å². The van der Waals surface area contributed by atoms with Crippen molar-refractivity contribution in [2.45, 2.75) is 0 Å². The fourth-order valence-corrected chi connectivity index (χ4v) is 2.70. The normalized spacial score (nSPS) is 10.6. The van der Waals surface area contributed by atoms with Gasteiger partial charge in [-0.3, -0.25) is 9.59 Å². The second-order valence-electron chi connectivity index (χ2n) is 6.02. The highest BCUT2D eigenvalue weighted by atomic mass is 35.5. The summed E-state index contributed by atoms with van der Waals surface area (Å²) in [4.78, 5) is 24.7. The zero-order valence-electron chi connectivity index (χ0n) is 15.5. The second kappa shape index (κ2) is 9.31. The van der Waals surface area contributed by atoms with Gasteiger partial charge >= 0.3 is 0 Å². The number of para-hydroxylation sites is 1. The SMILES string of the molecule is COCCNC(=O)c1ccc(Cl)c(NC(=O)c2cnn(-c3ccccc3F)c2)c1. The van der Waals surface area contributed by atoms with Crippen LogP contribution in [-0.2, 0) is 4.74 Å². The molecule has 9 heteroatoms. The van der Waals surface area contributed by atoms with E-state index in [1.165, 1.54) is 42.4 Å². The number of carbonyl (C=O) groups is 2. The first kappa shape index (κ1) is 20.5. The fraction of sp³-hybridized carbons (Fsp3) is 0.150. The third-order valence-corrected chi connectivity index (χ3v) is 4.34. The van der Waals surface area contributed by atoms with Crippen molar-refractivity contribution in [1.82, 2.24) is 15.1 Å². The molecule has 0 radical (unpaired) electrons. The molecule has 3 aromatic rings. The highest BCUT2D eigenvalue weighted by molar-refractivity contribution is 6.34. The average Bonchev–Trinajstić information content (AvgIpc) is 3.20. The molecule has 0 saturated carbocycles. The number of ether oxygens (including phenoxy) is 1. The number of nitrogens with one attached hydrogen (secondary N) is 2. The minimum Gasteiger partial charge on any atom is -0.383 e. The van der Waals surface area contributed by atoms with Gasteiger partial charge in [0.2, 0.25) is 0 Å². The number of carbonyl (C=O) groups excluding carboxylic acids is 2. The fourth-order valence-electron chi connectivity index (χ4n) is 2.53. The number of hydrogen-bond donors (Lipinski definition) is 2. The standard InChI is InChI=1S/C20H18ClFN4O3/c1-29-9-8-23-19(27)13-6-7-15(21)17(10-13)25-20(28)14-11-24-26(12-14)18-5-3-2-4-16(18)22/h2-7,10-12H,8-9H2,1H3,(H,23,27)(H,25,28). The van der Waals surface area contributed by atoms with Gasteiger partial charge in [-0.15, -0.1) is 0 Å². The molecule has 0 aliphatic heterocycles. The molecule has 7 nitrogen and oxygen atoms in total. The molecule has 0 atom stereocenters. The number of amides is 2. The van der Waals surface area contributed by atoms with Gasteiger partial charge in [0.05, 0.1) is 29.1 Å². The maximum Gasteiger partial charge on any atom is 0.258 e. The number of benzene rings is 2. The van der Waals surface area contributed by atoms with E-state index in [4.69, 9.17) is 16.3 Å². The van der Waals surface area contributed by atoms with E-state index in [2.05, 4.69) is 15.7 Å². The second-order valence-corrected chi connectivity index (χ2v) is 6.43. The molecule has 0 bridgehead atoms. The zero-order chi connectivity index (χ0) is 20.8. The molecule has 0 fully saturated rings. The van der Waals surface area contributed by atoms with Gasteiger partial charge in [0.25, 0.3) is 11.8 Å². The first-order valence-electron chi connectivity index (χ1n) is 8.67. The summed E-state index contributed by atoms with van der Waals surface area (Å²) in [5.74, 6) is -1.27. The number of nitrogens with zero attached hydrogens (tertiary/aromatic N) is 2. The van der Waals surface area contributed by atoms with Crippen molar-refractivity contribution in [2.24, 2.45) is 0 Å². The molecule has 2 aromatic carbocycles. The maximum atomic E-state index is 13.9. The number of hydrogen-bond acceptors (Lipinski definition) is 4. The summed E-state index contributed by atoms with van der Waals surface area (Å²) in [6.45, 7) is 0.740. The molecule has 0 aliphatic carbocycles. The molecule has 1 aromatic heterocycles. The van der Waals surface area contributed by atoms with Crippen molar-refractivity contribution in [3.8, 4) is 5.69 Å². The van der Waals surface area contributed by atoms with Crippen molar-refractivity contribution >= 4 is 29.1 Å². The smallest absolute Gasteiger partial charge is 0.258 e. The molecular weight excluding hydrogens is 399 g/mol. The highest BCUT2D eigenvalue weighted by Gasteiger charge is 2.15. The van der Waals surface area contributed by atoms with E-state index in [0.29, 0.717) is 18.7 Å². The average molecular weight is 417 g/mol. The topological polar surface area (TPSA) is 85.2 Å². The Balaban J connectivity index is 1.75. The third kappa shape index (κ3) is 4.98. The molecule has 2 N–H and O–H groups in total. The number of aromatic nitrogens is 2. The molecule has 1 heterocycles. The number of halogens is 2. The number of methoxy groups -OCH3 is 1. The van der Waals surface area contributed by atoms with Gasteiger partial charge in [0, 0.05) is 25.4 Å². The number of rotatable bonds is 7. The van der Waals surface area contributed by atoms with Crippen molar-refractivity contribution in [3.05, 3.63) is 76.8 Å². The van der Waals surface area contributed by atoms with Crippen LogP contribution in [0.1, 0.15) is 20.7 Å².